The van der Waals surface area contributed by atoms with Crippen LogP contribution in [0.1, 0.15) is 28.4 Å². The van der Waals surface area contributed by atoms with Crippen molar-refractivity contribution in [1.29, 1.82) is 0 Å². The van der Waals surface area contributed by atoms with Crippen molar-refractivity contribution in [2.24, 2.45) is 0 Å². The van der Waals surface area contributed by atoms with Crippen LogP contribution in [0.2, 0.25) is 0 Å². The minimum atomic E-state index is -2.86. The Morgan fingerprint density at radius 3 is 2.40 bits per heavy atom. The van der Waals surface area contributed by atoms with Crippen molar-refractivity contribution in [3.63, 3.8) is 0 Å². The van der Waals surface area contributed by atoms with E-state index in [0.29, 0.717) is 28.9 Å². The molecule has 11 heteroatoms. The second kappa shape index (κ2) is 10.2. The molecule has 0 radical (unpaired) electrons. The first kappa shape index (κ1) is 23.6. The fourth-order valence-corrected chi connectivity index (χ4v) is 3.39. The van der Waals surface area contributed by atoms with Crippen molar-refractivity contribution in [3.05, 3.63) is 78.2 Å². The quantitative estimate of drug-likeness (QED) is 0.353. The fraction of sp³-hybridized carbons (Fsp3) is 0.167. The van der Waals surface area contributed by atoms with Crippen molar-refractivity contribution < 1.29 is 22.8 Å². The van der Waals surface area contributed by atoms with Gasteiger partial charge in [-0.15, -0.1) is 10.2 Å². The van der Waals surface area contributed by atoms with E-state index < -0.39 is 12.3 Å². The molecule has 2 amide bonds. The summed E-state index contributed by atoms with van der Waals surface area (Å²) in [5.74, 6) is -1.14. The first-order valence-corrected chi connectivity index (χ1v) is 10.4. The van der Waals surface area contributed by atoms with Crippen molar-refractivity contribution in [2.75, 3.05) is 19.0 Å². The highest BCUT2D eigenvalue weighted by Crippen LogP contribution is 2.28. The fourth-order valence-electron chi connectivity index (χ4n) is 3.39. The van der Waals surface area contributed by atoms with E-state index >= 15 is 0 Å². The Morgan fingerprint density at radius 1 is 1.03 bits per heavy atom. The number of anilines is 1. The third-order valence-corrected chi connectivity index (χ3v) is 5.22. The molecule has 0 aliphatic heterocycles. The molecule has 0 fully saturated rings. The van der Waals surface area contributed by atoms with E-state index in [1.165, 1.54) is 16.0 Å². The molecule has 3 heterocycles. The van der Waals surface area contributed by atoms with Gasteiger partial charge in [0.15, 0.2) is 0 Å². The summed E-state index contributed by atoms with van der Waals surface area (Å²) in [5, 5.41) is 6.89. The summed E-state index contributed by atoms with van der Waals surface area (Å²) in [6.45, 7) is 0.168. The maximum atomic E-state index is 13.2. The second-order valence-electron chi connectivity index (χ2n) is 7.63. The Morgan fingerprint density at radius 2 is 1.77 bits per heavy atom. The summed E-state index contributed by atoms with van der Waals surface area (Å²) in [6.07, 6.45) is 2.52. The van der Waals surface area contributed by atoms with E-state index in [9.17, 15) is 18.4 Å². The molecule has 4 aromatic rings. The highest BCUT2D eigenvalue weighted by atomic mass is 19.3. The minimum Gasteiger partial charge on any atom is -0.415 e. The molecule has 4 rings (SSSR count). The summed E-state index contributed by atoms with van der Waals surface area (Å²) in [6, 6.07) is 12.2. The Kier molecular flexibility index (Phi) is 6.86. The third-order valence-electron chi connectivity index (χ3n) is 5.22. The normalized spacial score (nSPS) is 10.9. The van der Waals surface area contributed by atoms with E-state index in [4.69, 9.17) is 4.42 Å². The third kappa shape index (κ3) is 5.18. The van der Waals surface area contributed by atoms with Gasteiger partial charge < -0.3 is 14.2 Å². The van der Waals surface area contributed by atoms with Crippen LogP contribution >= 0.6 is 0 Å². The summed E-state index contributed by atoms with van der Waals surface area (Å²) in [5.41, 5.74) is 3.48. The van der Waals surface area contributed by atoms with Gasteiger partial charge in [-0.2, -0.15) is 8.78 Å². The summed E-state index contributed by atoms with van der Waals surface area (Å²) >= 11 is 0. The number of rotatable bonds is 8. The number of hydrogen-bond acceptors (Lipinski definition) is 7. The number of aromatic nitrogens is 4. The van der Waals surface area contributed by atoms with Crippen LogP contribution in [0.15, 0.2) is 65.5 Å². The van der Waals surface area contributed by atoms with E-state index in [0.717, 1.165) is 11.1 Å². The van der Waals surface area contributed by atoms with Crippen molar-refractivity contribution in [2.45, 2.75) is 13.0 Å². The zero-order chi connectivity index (χ0) is 24.9. The van der Waals surface area contributed by atoms with Gasteiger partial charge in [-0.3, -0.25) is 19.6 Å². The van der Waals surface area contributed by atoms with Gasteiger partial charge in [0.05, 0.1) is 29.1 Å². The molecule has 0 bridgehead atoms. The lowest BCUT2D eigenvalue weighted by Crippen LogP contribution is -2.29. The molecular formula is C24H20F2N6O3. The number of halogens is 2. The van der Waals surface area contributed by atoms with Crippen LogP contribution in [0.5, 0.6) is 0 Å². The molecule has 1 aromatic carbocycles. The molecule has 35 heavy (non-hydrogen) atoms. The van der Waals surface area contributed by atoms with Crippen LogP contribution in [-0.2, 0) is 11.3 Å². The lowest BCUT2D eigenvalue weighted by molar-refractivity contribution is -0.107. The van der Waals surface area contributed by atoms with Crippen LogP contribution < -0.4 is 4.90 Å². The molecule has 0 spiro atoms. The van der Waals surface area contributed by atoms with Gasteiger partial charge in [0.1, 0.15) is 0 Å². The second-order valence-corrected chi connectivity index (χ2v) is 7.63. The maximum Gasteiger partial charge on any atom is 0.314 e. The molecule has 9 nitrogen and oxygen atoms in total. The molecule has 3 aromatic heterocycles. The first-order chi connectivity index (χ1) is 16.9. The highest BCUT2D eigenvalue weighted by molar-refractivity contribution is 6.02. The van der Waals surface area contributed by atoms with Gasteiger partial charge in [0, 0.05) is 32.7 Å². The standard InChI is InChI=1S/C24H20F2N6O3/c1-31(13-18-5-3-17(12-28-18)22-29-30-23(35-22)21(25)26)24(34)19-6-4-16(11-20(19)32(2)14-33)15-7-9-27-10-8-15/h3-12,14,21H,13H2,1-2H3. The summed E-state index contributed by atoms with van der Waals surface area (Å²) in [4.78, 5) is 35.8. The number of carbonyl (C=O) groups excluding carboxylic acids is 2. The number of alkyl halides is 2. The number of pyridine rings is 2. The van der Waals surface area contributed by atoms with Gasteiger partial charge >= 0.3 is 6.43 Å². The molecular weight excluding hydrogens is 458 g/mol. The molecule has 0 saturated heterocycles. The Hall–Kier alpha value is -4.54. The SMILES string of the molecule is CN(Cc1ccc(-c2nnc(C(F)F)o2)cn1)C(=O)c1ccc(-c2ccncc2)cc1N(C)C=O. The molecule has 0 saturated carbocycles. The molecule has 0 aliphatic carbocycles. The predicted octanol–water partition coefficient (Wildman–Crippen LogP) is 4.00. The number of benzene rings is 1. The van der Waals surface area contributed by atoms with Crippen LogP contribution in [-0.4, -0.2) is 51.5 Å². The van der Waals surface area contributed by atoms with Gasteiger partial charge in [0.25, 0.3) is 11.8 Å². The van der Waals surface area contributed by atoms with Gasteiger partial charge in [-0.25, -0.2) is 0 Å². The van der Waals surface area contributed by atoms with Gasteiger partial charge in [0.2, 0.25) is 12.3 Å². The minimum absolute atomic E-state index is 0.0698. The monoisotopic (exact) mass is 478 g/mol. The van der Waals surface area contributed by atoms with E-state index in [-0.39, 0.29) is 18.3 Å². The number of amides is 2. The Bertz CT molecular complexity index is 1330. The topological polar surface area (TPSA) is 105 Å². The van der Waals surface area contributed by atoms with Crippen molar-refractivity contribution in [3.8, 4) is 22.6 Å². The zero-order valence-electron chi connectivity index (χ0n) is 18.8. The number of nitrogens with zero attached hydrogens (tertiary/aromatic N) is 6. The van der Waals surface area contributed by atoms with Gasteiger partial charge in [-0.1, -0.05) is 6.07 Å². The smallest absolute Gasteiger partial charge is 0.314 e. The van der Waals surface area contributed by atoms with Gasteiger partial charge in [-0.05, 0) is 47.5 Å². The van der Waals surface area contributed by atoms with E-state index in [1.54, 1.807) is 50.8 Å². The largest absolute Gasteiger partial charge is 0.415 e. The molecule has 178 valence electrons. The number of hydrogen-bond donors (Lipinski definition) is 0. The lowest BCUT2D eigenvalue weighted by atomic mass is 10.0. The van der Waals surface area contributed by atoms with Crippen LogP contribution in [0, 0.1) is 0 Å². The summed E-state index contributed by atoms with van der Waals surface area (Å²) < 4.78 is 30.2. The maximum absolute atomic E-state index is 13.2. The van der Waals surface area contributed by atoms with E-state index in [1.807, 2.05) is 18.2 Å². The average molecular weight is 478 g/mol. The number of carbonyl (C=O) groups is 2. The van der Waals surface area contributed by atoms with Crippen LogP contribution in [0.25, 0.3) is 22.6 Å². The molecule has 0 atom stereocenters. The predicted molar refractivity (Wildman–Crippen MR) is 122 cm³/mol. The van der Waals surface area contributed by atoms with Crippen LogP contribution in [0.4, 0.5) is 14.5 Å². The molecule has 0 aliphatic rings. The first-order valence-electron chi connectivity index (χ1n) is 10.4. The lowest BCUT2D eigenvalue weighted by Gasteiger charge is -2.22. The Balaban J connectivity index is 1.53. The zero-order valence-corrected chi connectivity index (χ0v) is 18.8. The molecule has 0 unspecified atom stereocenters. The van der Waals surface area contributed by atoms with Crippen molar-refractivity contribution >= 4 is 18.0 Å². The Labute approximate surface area is 199 Å². The summed E-state index contributed by atoms with van der Waals surface area (Å²) in [7, 11) is 3.19. The average Bonchev–Trinajstić information content (AvgIpc) is 3.39. The van der Waals surface area contributed by atoms with Crippen LogP contribution in [0.3, 0.4) is 0 Å². The van der Waals surface area contributed by atoms with E-state index in [2.05, 4.69) is 20.2 Å². The molecule has 0 N–H and O–H groups in total. The highest BCUT2D eigenvalue weighted by Gasteiger charge is 2.20. The van der Waals surface area contributed by atoms with Crippen molar-refractivity contribution in [1.82, 2.24) is 25.1 Å².